The van der Waals surface area contributed by atoms with Gasteiger partial charge in [-0.1, -0.05) is 0 Å². The molecule has 1 aromatic rings. The summed E-state index contributed by atoms with van der Waals surface area (Å²) >= 11 is 0. The Morgan fingerprint density at radius 1 is 1.47 bits per heavy atom. The quantitative estimate of drug-likeness (QED) is 0.401. The Kier molecular flexibility index (Phi) is 6.78. The Bertz CT molecular complexity index is 952. The van der Waals surface area contributed by atoms with Gasteiger partial charge in [-0.2, -0.15) is 0 Å². The normalized spacial score (nSPS) is 25.0. The van der Waals surface area contributed by atoms with Crippen molar-refractivity contribution in [1.82, 2.24) is 10.0 Å². The molecule has 1 saturated heterocycles. The van der Waals surface area contributed by atoms with Gasteiger partial charge < -0.3 is 20.0 Å². The largest absolute Gasteiger partial charge is 0.621 e. The summed E-state index contributed by atoms with van der Waals surface area (Å²) in [4.78, 5) is 12.7. The first-order valence-corrected chi connectivity index (χ1v) is 11.5. The number of esters is 1. The molecule has 2 aliphatic heterocycles. The van der Waals surface area contributed by atoms with Crippen LogP contribution in [0.1, 0.15) is 25.3 Å². The molecule has 0 amide bonds. The van der Waals surface area contributed by atoms with E-state index in [-0.39, 0.29) is 47.3 Å². The van der Waals surface area contributed by atoms with Gasteiger partial charge in [0.1, 0.15) is 11.5 Å². The molecule has 2 aliphatic rings. The van der Waals surface area contributed by atoms with Crippen LogP contribution < -0.4 is 15.1 Å². The molecule has 2 heterocycles. The summed E-state index contributed by atoms with van der Waals surface area (Å²) < 4.78 is 49.7. The molecule has 3 N–H and O–H groups in total. The number of quaternary nitrogens is 1. The van der Waals surface area contributed by atoms with Crippen molar-refractivity contribution in [3.05, 3.63) is 40.7 Å². The fraction of sp³-hybridized carbons (Fsp3) is 0.526. The minimum absolute atomic E-state index is 0.0136. The molecule has 0 aliphatic carbocycles. The third kappa shape index (κ3) is 4.98. The smallest absolute Gasteiger partial charge is 0.348 e. The fourth-order valence-electron chi connectivity index (χ4n) is 3.93. The van der Waals surface area contributed by atoms with E-state index in [0.717, 1.165) is 24.8 Å². The van der Waals surface area contributed by atoms with Gasteiger partial charge >= 0.3 is 11.9 Å². The van der Waals surface area contributed by atoms with E-state index in [1.165, 1.54) is 13.2 Å². The van der Waals surface area contributed by atoms with Crippen LogP contribution in [0.3, 0.4) is 0 Å². The van der Waals surface area contributed by atoms with Crippen molar-refractivity contribution >= 4 is 27.3 Å². The van der Waals surface area contributed by atoms with Crippen LogP contribution in [0.5, 0.6) is 0 Å². The average Bonchev–Trinajstić information content (AvgIpc) is 2.96. The lowest BCUT2D eigenvalue weighted by atomic mass is 9.90. The van der Waals surface area contributed by atoms with Gasteiger partial charge in [0.2, 0.25) is 10.0 Å². The van der Waals surface area contributed by atoms with Crippen molar-refractivity contribution in [2.75, 3.05) is 26.5 Å². The van der Waals surface area contributed by atoms with Crippen LogP contribution in [0.15, 0.2) is 24.1 Å². The molecule has 3 rings (SSSR count). The van der Waals surface area contributed by atoms with Gasteiger partial charge in [0.15, 0.2) is 5.57 Å². The molecule has 0 aromatic heterocycles. The molecule has 4 atom stereocenters. The maximum atomic E-state index is 13.7. The average molecular weight is 443 g/mol. The van der Waals surface area contributed by atoms with Crippen LogP contribution in [0, 0.1) is 16.9 Å². The topological polar surface area (TPSA) is 121 Å². The lowest BCUT2D eigenvalue weighted by Crippen LogP contribution is -2.99. The fourth-order valence-corrected chi connectivity index (χ4v) is 4.77. The number of hydroxylamine groups is 1. The summed E-state index contributed by atoms with van der Waals surface area (Å²) in [6, 6.07) is 3.17. The Morgan fingerprint density at radius 3 is 2.87 bits per heavy atom. The van der Waals surface area contributed by atoms with Gasteiger partial charge in [0, 0.05) is 18.2 Å². The highest BCUT2D eigenvalue weighted by molar-refractivity contribution is 7.88. The highest BCUT2D eigenvalue weighted by atomic mass is 32.2. The Labute approximate surface area is 174 Å². The first-order valence-electron chi connectivity index (χ1n) is 9.61. The zero-order valence-electron chi connectivity index (χ0n) is 17.0. The van der Waals surface area contributed by atoms with Crippen molar-refractivity contribution < 1.29 is 32.1 Å². The highest BCUT2D eigenvalue weighted by Crippen LogP contribution is 2.31. The number of carbonyl (C=O) groups excluding carboxylic acids is 1. The van der Waals surface area contributed by atoms with Gasteiger partial charge in [-0.3, -0.25) is 5.06 Å². The number of hydrogen-bond donors (Lipinski definition) is 3. The summed E-state index contributed by atoms with van der Waals surface area (Å²) in [5.41, 5.74) is 0.286. The van der Waals surface area contributed by atoms with E-state index in [1.54, 1.807) is 6.92 Å². The highest BCUT2D eigenvalue weighted by Gasteiger charge is 2.38. The molecule has 9 nitrogen and oxygen atoms in total. The first kappa shape index (κ1) is 22.6. The molecule has 0 spiro atoms. The molecule has 0 bridgehead atoms. The predicted octanol–water partition coefficient (Wildman–Crippen LogP) is 0.0176. The number of fused-ring (bicyclic) bond motifs is 1. The number of nitrogens with one attached hydrogen (secondary N) is 3. The summed E-state index contributed by atoms with van der Waals surface area (Å²) in [5.74, 6) is -1.46. The van der Waals surface area contributed by atoms with Crippen molar-refractivity contribution in [2.24, 2.45) is 5.92 Å². The molecule has 1 fully saturated rings. The Hall–Kier alpha value is -2.05. The molecular formula is C19H26FN3O6S. The van der Waals surface area contributed by atoms with Crippen molar-refractivity contribution in [3.63, 3.8) is 0 Å². The van der Waals surface area contributed by atoms with E-state index in [0.29, 0.717) is 13.0 Å². The second kappa shape index (κ2) is 8.98. The summed E-state index contributed by atoms with van der Waals surface area (Å²) in [6.07, 6.45) is 2.46. The molecule has 0 saturated carbocycles. The molecule has 11 heteroatoms. The second-order valence-electron chi connectivity index (χ2n) is 7.66. The number of carbonyl (C=O) groups is 1. The van der Waals surface area contributed by atoms with Crippen LogP contribution in [-0.2, 0) is 24.3 Å². The van der Waals surface area contributed by atoms with E-state index in [2.05, 4.69) is 10.0 Å². The lowest BCUT2D eigenvalue weighted by Gasteiger charge is -2.33. The van der Waals surface area contributed by atoms with E-state index in [9.17, 15) is 22.8 Å². The van der Waals surface area contributed by atoms with Gasteiger partial charge in [0.05, 0.1) is 25.5 Å². The first-order chi connectivity index (χ1) is 14.1. The van der Waals surface area contributed by atoms with E-state index in [1.807, 2.05) is 0 Å². The molecule has 166 valence electrons. The SMILES string of the molecule is COC1=C(C(=O)OCC2CCNC(C(C)NS(C)(=O)=O)C2)c2cc(F)ccc2[NH+]1[O-]. The Morgan fingerprint density at radius 2 is 2.20 bits per heavy atom. The van der Waals surface area contributed by atoms with E-state index < -0.39 is 26.9 Å². The van der Waals surface area contributed by atoms with Gasteiger partial charge in [-0.05, 0) is 44.4 Å². The minimum atomic E-state index is -3.33. The molecular weight excluding hydrogens is 417 g/mol. The molecule has 0 radical (unpaired) electrons. The lowest BCUT2D eigenvalue weighted by molar-refractivity contribution is -0.747. The number of sulfonamides is 1. The zero-order valence-corrected chi connectivity index (χ0v) is 17.8. The number of ether oxygens (including phenoxy) is 2. The standard InChI is InChI=1S/C19H26FN3O6S/c1-11(22-30(3,26)27)15-8-12(6-7-21-15)10-29-19(24)17-14-9-13(20)4-5-16(14)23(25)18(17)28-2/h4-5,9,11-12,15,21-23H,6-8,10H2,1-3H3. The van der Waals surface area contributed by atoms with Crippen molar-refractivity contribution in [3.8, 4) is 0 Å². The molecule has 1 aromatic carbocycles. The van der Waals surface area contributed by atoms with E-state index in [4.69, 9.17) is 9.47 Å². The number of halogens is 1. The van der Waals surface area contributed by atoms with Crippen molar-refractivity contribution in [1.29, 1.82) is 0 Å². The maximum absolute atomic E-state index is 13.7. The monoisotopic (exact) mass is 443 g/mol. The maximum Gasteiger partial charge on any atom is 0.348 e. The van der Waals surface area contributed by atoms with Crippen LogP contribution in [0.25, 0.3) is 5.57 Å². The summed E-state index contributed by atoms with van der Waals surface area (Å²) in [7, 11) is -2.06. The number of hydrogen-bond acceptors (Lipinski definition) is 7. The van der Waals surface area contributed by atoms with Gasteiger partial charge in [0.25, 0.3) is 0 Å². The second-order valence-corrected chi connectivity index (χ2v) is 9.44. The summed E-state index contributed by atoms with van der Waals surface area (Å²) in [6.45, 7) is 2.53. The summed E-state index contributed by atoms with van der Waals surface area (Å²) in [5, 5.41) is 15.2. The van der Waals surface area contributed by atoms with Crippen LogP contribution >= 0.6 is 0 Å². The minimum Gasteiger partial charge on any atom is -0.621 e. The Balaban J connectivity index is 1.67. The van der Waals surface area contributed by atoms with Gasteiger partial charge in [-0.25, -0.2) is 22.3 Å². The van der Waals surface area contributed by atoms with E-state index >= 15 is 0 Å². The number of methoxy groups -OCH3 is 1. The van der Waals surface area contributed by atoms with Crippen LogP contribution in [-0.4, -0.2) is 53.0 Å². The molecule has 30 heavy (non-hydrogen) atoms. The van der Waals surface area contributed by atoms with Crippen LogP contribution in [0.2, 0.25) is 0 Å². The number of rotatable bonds is 7. The number of piperidine rings is 1. The van der Waals surface area contributed by atoms with Crippen LogP contribution in [0.4, 0.5) is 10.1 Å². The van der Waals surface area contributed by atoms with Crippen molar-refractivity contribution in [2.45, 2.75) is 31.8 Å². The third-order valence-corrected chi connectivity index (χ3v) is 6.14. The number of benzene rings is 1. The predicted molar refractivity (Wildman–Crippen MR) is 107 cm³/mol. The van der Waals surface area contributed by atoms with Gasteiger partial charge in [-0.15, -0.1) is 0 Å². The molecule has 4 unspecified atom stereocenters. The zero-order chi connectivity index (χ0) is 22.1. The third-order valence-electron chi connectivity index (χ3n) is 5.34.